The van der Waals surface area contributed by atoms with E-state index < -0.39 is 10.0 Å². The van der Waals surface area contributed by atoms with Gasteiger partial charge in [0.25, 0.3) is 5.91 Å². The molecule has 1 amide bonds. The molecule has 0 unspecified atom stereocenters. The van der Waals surface area contributed by atoms with Gasteiger partial charge < -0.3 is 0 Å². The van der Waals surface area contributed by atoms with Crippen molar-refractivity contribution in [1.29, 1.82) is 0 Å². The highest BCUT2D eigenvalue weighted by molar-refractivity contribution is 7.89. The normalized spacial score (nSPS) is 14.6. The van der Waals surface area contributed by atoms with E-state index in [-0.39, 0.29) is 10.8 Å². The average Bonchev–Trinajstić information content (AvgIpc) is 3.61. The molecule has 3 heterocycles. The first kappa shape index (κ1) is 23.0. The average molecular weight is 516 g/mol. The molecule has 0 aliphatic carbocycles. The van der Waals surface area contributed by atoms with E-state index in [0.717, 1.165) is 17.5 Å². The second-order valence-electron chi connectivity index (χ2n) is 7.94. The predicted octanol–water partition coefficient (Wildman–Crippen LogP) is 4.28. The molecule has 0 spiro atoms. The molecule has 1 aliphatic rings. The molecule has 0 saturated carbocycles. The zero-order valence-electron chi connectivity index (χ0n) is 18.2. The molecular weight excluding hydrogens is 494 g/mol. The van der Waals surface area contributed by atoms with Crippen molar-refractivity contribution in [1.82, 2.24) is 19.1 Å². The smallest absolute Gasteiger partial charge is 0.260 e. The van der Waals surface area contributed by atoms with Crippen LogP contribution >= 0.6 is 22.9 Å². The highest BCUT2D eigenvalue weighted by Gasteiger charge is 2.28. The van der Waals surface area contributed by atoms with Crippen molar-refractivity contribution < 1.29 is 13.2 Å². The van der Waals surface area contributed by atoms with Crippen LogP contribution in [0, 0.1) is 0 Å². The minimum absolute atomic E-state index is 0.195. The van der Waals surface area contributed by atoms with Gasteiger partial charge in [-0.2, -0.15) is 9.40 Å². The van der Waals surface area contributed by atoms with Crippen LogP contribution in [0.15, 0.2) is 65.8 Å². The van der Waals surface area contributed by atoms with E-state index in [9.17, 15) is 13.2 Å². The van der Waals surface area contributed by atoms with Crippen molar-refractivity contribution in [3.05, 3.63) is 71.5 Å². The van der Waals surface area contributed by atoms with Crippen LogP contribution in [0.1, 0.15) is 23.2 Å². The largest absolute Gasteiger partial charge is 0.282 e. The molecule has 176 valence electrons. The summed E-state index contributed by atoms with van der Waals surface area (Å²) < 4.78 is 29.8. The van der Waals surface area contributed by atoms with Gasteiger partial charge in [0.05, 0.1) is 21.2 Å². The fourth-order valence-electron chi connectivity index (χ4n) is 3.94. The number of rotatable bonds is 7. The summed E-state index contributed by atoms with van der Waals surface area (Å²) >= 11 is 7.69. The third-order valence-electron chi connectivity index (χ3n) is 5.75. The molecule has 4 aromatic rings. The second kappa shape index (κ2) is 9.46. The molecule has 2 aromatic heterocycles. The molecule has 1 saturated heterocycles. The summed E-state index contributed by atoms with van der Waals surface area (Å²) in [5, 5.41) is 5.26. The Balaban J connectivity index is 1.45. The van der Waals surface area contributed by atoms with Crippen LogP contribution in [-0.2, 0) is 16.6 Å². The molecule has 0 atom stereocenters. The summed E-state index contributed by atoms with van der Waals surface area (Å²) in [4.78, 5) is 20.0. The zero-order chi connectivity index (χ0) is 23.7. The third kappa shape index (κ3) is 4.46. The van der Waals surface area contributed by atoms with Gasteiger partial charge in [-0.05, 0) is 55.3 Å². The van der Waals surface area contributed by atoms with Crippen LogP contribution in [0.25, 0.3) is 10.2 Å². The number of thiazole rings is 1. The van der Waals surface area contributed by atoms with Crippen LogP contribution in [0.4, 0.5) is 5.13 Å². The summed E-state index contributed by atoms with van der Waals surface area (Å²) in [7, 11) is -3.54. The number of hydrogen-bond acceptors (Lipinski definition) is 6. The first-order valence-corrected chi connectivity index (χ1v) is 13.5. The number of halogens is 1. The van der Waals surface area contributed by atoms with E-state index in [1.165, 1.54) is 27.8 Å². The first-order valence-electron chi connectivity index (χ1n) is 10.9. The minimum Gasteiger partial charge on any atom is -0.282 e. The number of carbonyl (C=O) groups is 1. The maximum Gasteiger partial charge on any atom is 0.260 e. The van der Waals surface area contributed by atoms with Crippen LogP contribution in [-0.4, -0.2) is 53.0 Å². The number of nitrogens with zero attached hydrogens (tertiary/aromatic N) is 5. The van der Waals surface area contributed by atoms with Crippen LogP contribution in [0.2, 0.25) is 5.02 Å². The molecule has 0 bridgehead atoms. The Labute approximate surface area is 206 Å². The number of sulfonamides is 1. The Morgan fingerprint density at radius 3 is 2.53 bits per heavy atom. The number of carbonyl (C=O) groups excluding carboxylic acids is 1. The lowest BCUT2D eigenvalue weighted by molar-refractivity contribution is 0.0985. The Bertz CT molecular complexity index is 1410. The Morgan fingerprint density at radius 1 is 1.09 bits per heavy atom. The van der Waals surface area contributed by atoms with E-state index in [2.05, 4.69) is 10.1 Å². The maximum absolute atomic E-state index is 13.6. The number of amides is 1. The van der Waals surface area contributed by atoms with Gasteiger partial charge in [-0.25, -0.2) is 13.4 Å². The van der Waals surface area contributed by atoms with E-state index in [4.69, 9.17) is 11.6 Å². The van der Waals surface area contributed by atoms with Gasteiger partial charge in [-0.3, -0.25) is 14.4 Å². The van der Waals surface area contributed by atoms with Crippen molar-refractivity contribution in [3.8, 4) is 0 Å². The highest BCUT2D eigenvalue weighted by Crippen LogP contribution is 2.33. The summed E-state index contributed by atoms with van der Waals surface area (Å²) in [6.45, 7) is 1.88. The molecule has 5 rings (SSSR count). The highest BCUT2D eigenvalue weighted by atomic mass is 35.5. The lowest BCUT2D eigenvalue weighted by Gasteiger charge is -2.20. The van der Waals surface area contributed by atoms with Gasteiger partial charge in [0.1, 0.15) is 5.52 Å². The Kier molecular flexibility index (Phi) is 6.39. The lowest BCUT2D eigenvalue weighted by Crippen LogP contribution is -2.34. The third-order valence-corrected chi connectivity index (χ3v) is 9.01. The van der Waals surface area contributed by atoms with Crippen molar-refractivity contribution in [2.45, 2.75) is 24.3 Å². The number of aromatic nitrogens is 3. The molecule has 34 heavy (non-hydrogen) atoms. The summed E-state index contributed by atoms with van der Waals surface area (Å²) in [5.41, 5.74) is 1.03. The van der Waals surface area contributed by atoms with Gasteiger partial charge in [0.2, 0.25) is 10.0 Å². The van der Waals surface area contributed by atoms with E-state index in [1.54, 1.807) is 34.0 Å². The van der Waals surface area contributed by atoms with Crippen molar-refractivity contribution in [2.75, 3.05) is 24.5 Å². The molecule has 1 fully saturated rings. The van der Waals surface area contributed by atoms with Crippen LogP contribution < -0.4 is 4.90 Å². The second-order valence-corrected chi connectivity index (χ2v) is 11.3. The first-order chi connectivity index (χ1) is 16.4. The Hall–Kier alpha value is -2.79. The predicted molar refractivity (Wildman–Crippen MR) is 133 cm³/mol. The fraction of sp³-hybridized carbons (Fsp3) is 0.261. The number of benzene rings is 2. The number of para-hydroxylation sites is 1. The maximum atomic E-state index is 13.6. The van der Waals surface area contributed by atoms with E-state index in [0.29, 0.717) is 47.4 Å². The monoisotopic (exact) mass is 515 g/mol. The number of anilines is 1. The van der Waals surface area contributed by atoms with Gasteiger partial charge in [-0.1, -0.05) is 29.0 Å². The van der Waals surface area contributed by atoms with Crippen LogP contribution in [0.3, 0.4) is 0 Å². The quantitative estimate of drug-likeness (QED) is 0.366. The SMILES string of the molecule is O=C(c1ccc(S(=O)(=O)N2CCCC2)cc1)N(CCn1cccn1)c1nc2c(Cl)cccc2s1. The number of fused-ring (bicyclic) bond motifs is 1. The molecule has 1 aliphatic heterocycles. The Morgan fingerprint density at radius 2 is 1.85 bits per heavy atom. The van der Waals surface area contributed by atoms with Crippen molar-refractivity contribution in [2.24, 2.45) is 0 Å². The molecule has 0 radical (unpaired) electrons. The van der Waals surface area contributed by atoms with Gasteiger partial charge >= 0.3 is 0 Å². The number of hydrogen-bond donors (Lipinski definition) is 0. The molecule has 11 heteroatoms. The van der Waals surface area contributed by atoms with Crippen molar-refractivity contribution >= 4 is 54.2 Å². The fourth-order valence-corrected chi connectivity index (χ4v) is 6.75. The molecular formula is C23H22ClN5O3S2. The van der Waals surface area contributed by atoms with E-state index >= 15 is 0 Å². The molecule has 8 nitrogen and oxygen atoms in total. The van der Waals surface area contributed by atoms with Crippen molar-refractivity contribution in [3.63, 3.8) is 0 Å². The van der Waals surface area contributed by atoms with Crippen LogP contribution in [0.5, 0.6) is 0 Å². The summed E-state index contributed by atoms with van der Waals surface area (Å²) in [6, 6.07) is 13.5. The topological polar surface area (TPSA) is 88.4 Å². The molecule has 2 aromatic carbocycles. The van der Waals surface area contributed by atoms with Gasteiger partial charge in [-0.15, -0.1) is 0 Å². The standard InChI is InChI=1S/C23H22ClN5O3S2/c24-19-5-3-6-20-21(19)26-23(33-20)29(16-15-27-12-4-11-25-27)22(30)17-7-9-18(10-8-17)34(31,32)28-13-1-2-14-28/h3-12H,1-2,13-16H2. The minimum atomic E-state index is -3.54. The summed E-state index contributed by atoms with van der Waals surface area (Å²) in [5.74, 6) is -0.271. The molecule has 0 N–H and O–H groups in total. The zero-order valence-corrected chi connectivity index (χ0v) is 20.6. The van der Waals surface area contributed by atoms with E-state index in [1.807, 2.05) is 24.4 Å². The van der Waals surface area contributed by atoms with Gasteiger partial charge in [0, 0.05) is 37.6 Å². The van der Waals surface area contributed by atoms with Gasteiger partial charge in [0.15, 0.2) is 5.13 Å². The lowest BCUT2D eigenvalue weighted by atomic mass is 10.2. The summed E-state index contributed by atoms with van der Waals surface area (Å²) in [6.07, 6.45) is 5.25.